The fourth-order valence-corrected chi connectivity index (χ4v) is 3.32. The number of aryl methyl sites for hydroxylation is 1. The number of nitrogens with two attached hydrogens (primary N) is 1. The third kappa shape index (κ3) is 3.03. The molecule has 0 spiro atoms. The second kappa shape index (κ2) is 4.90. The molecule has 0 saturated heterocycles. The number of rotatable bonds is 5. The van der Waals surface area contributed by atoms with Crippen LogP contribution in [-0.2, 0) is 10.0 Å². The van der Waals surface area contributed by atoms with Gasteiger partial charge in [0.15, 0.2) is 0 Å². The van der Waals surface area contributed by atoms with Crippen LogP contribution in [-0.4, -0.2) is 15.0 Å². The van der Waals surface area contributed by atoms with E-state index in [1.54, 1.807) is 18.2 Å². The third-order valence-electron chi connectivity index (χ3n) is 3.48. The van der Waals surface area contributed by atoms with E-state index < -0.39 is 10.0 Å². The molecule has 2 rings (SSSR count). The number of nitrogen functional groups attached to an aromatic ring is 1. The average molecular weight is 268 g/mol. The first-order valence-corrected chi connectivity index (χ1v) is 7.74. The van der Waals surface area contributed by atoms with Crippen LogP contribution in [0.15, 0.2) is 23.1 Å². The highest BCUT2D eigenvalue weighted by Gasteiger charge is 2.29. The molecular weight excluding hydrogens is 248 g/mol. The van der Waals surface area contributed by atoms with E-state index in [1.165, 1.54) is 12.8 Å². The van der Waals surface area contributed by atoms with Crippen LogP contribution in [0.1, 0.15) is 25.3 Å². The standard InChI is InChI=1S/C13H20N2O2S/c1-9-3-6-13(12(14)7-9)18(16,17)15-8-10(2)11-4-5-11/h3,6-7,10-11,15H,4-5,8,14H2,1-2H3. The molecule has 100 valence electrons. The number of sulfonamides is 1. The molecule has 0 aliphatic heterocycles. The molecule has 0 radical (unpaired) electrons. The van der Waals surface area contributed by atoms with Crippen molar-refractivity contribution in [1.82, 2.24) is 4.72 Å². The Balaban J connectivity index is 2.09. The van der Waals surface area contributed by atoms with E-state index in [2.05, 4.69) is 11.6 Å². The second-order valence-electron chi connectivity index (χ2n) is 5.21. The van der Waals surface area contributed by atoms with Gasteiger partial charge in [-0.2, -0.15) is 0 Å². The Bertz CT molecular complexity index is 536. The first-order chi connectivity index (χ1) is 8.40. The summed E-state index contributed by atoms with van der Waals surface area (Å²) in [6, 6.07) is 5.00. The van der Waals surface area contributed by atoms with Crippen molar-refractivity contribution in [2.24, 2.45) is 11.8 Å². The Labute approximate surface area is 109 Å². The van der Waals surface area contributed by atoms with Gasteiger partial charge < -0.3 is 5.73 Å². The van der Waals surface area contributed by atoms with Gasteiger partial charge in [0.2, 0.25) is 10.0 Å². The van der Waals surface area contributed by atoms with Gasteiger partial charge in [0.25, 0.3) is 0 Å². The van der Waals surface area contributed by atoms with E-state index >= 15 is 0 Å². The summed E-state index contributed by atoms with van der Waals surface area (Å²) in [5.41, 5.74) is 7.03. The molecule has 0 bridgehead atoms. The monoisotopic (exact) mass is 268 g/mol. The zero-order valence-corrected chi connectivity index (χ0v) is 11.6. The van der Waals surface area contributed by atoms with Crippen molar-refractivity contribution in [3.05, 3.63) is 23.8 Å². The maximum atomic E-state index is 12.1. The zero-order valence-electron chi connectivity index (χ0n) is 10.8. The van der Waals surface area contributed by atoms with Gasteiger partial charge in [0, 0.05) is 6.54 Å². The van der Waals surface area contributed by atoms with Crippen molar-refractivity contribution in [2.75, 3.05) is 12.3 Å². The van der Waals surface area contributed by atoms with Crippen LogP contribution in [0.5, 0.6) is 0 Å². The van der Waals surface area contributed by atoms with E-state index in [1.807, 2.05) is 6.92 Å². The molecule has 1 aromatic rings. The highest BCUT2D eigenvalue weighted by Crippen LogP contribution is 2.36. The molecule has 1 saturated carbocycles. The molecule has 1 aromatic carbocycles. The zero-order chi connectivity index (χ0) is 13.3. The van der Waals surface area contributed by atoms with Crippen LogP contribution in [0.25, 0.3) is 0 Å². The maximum Gasteiger partial charge on any atom is 0.242 e. The van der Waals surface area contributed by atoms with Crippen LogP contribution in [0.3, 0.4) is 0 Å². The minimum Gasteiger partial charge on any atom is -0.398 e. The van der Waals surface area contributed by atoms with E-state index in [0.29, 0.717) is 24.1 Å². The first kappa shape index (κ1) is 13.4. The van der Waals surface area contributed by atoms with Crippen LogP contribution in [0.2, 0.25) is 0 Å². The summed E-state index contributed by atoms with van der Waals surface area (Å²) in [5.74, 6) is 1.08. The lowest BCUT2D eigenvalue weighted by atomic mass is 10.1. The normalized spacial score (nSPS) is 17.7. The minimum absolute atomic E-state index is 0.177. The van der Waals surface area contributed by atoms with Gasteiger partial charge in [-0.05, 0) is 49.3 Å². The molecule has 18 heavy (non-hydrogen) atoms. The number of benzene rings is 1. The summed E-state index contributed by atoms with van der Waals surface area (Å²) in [7, 11) is -3.48. The summed E-state index contributed by atoms with van der Waals surface area (Å²) in [6.07, 6.45) is 2.44. The van der Waals surface area contributed by atoms with Crippen molar-refractivity contribution in [2.45, 2.75) is 31.6 Å². The van der Waals surface area contributed by atoms with Gasteiger partial charge in [-0.25, -0.2) is 13.1 Å². The van der Waals surface area contributed by atoms with E-state index in [0.717, 1.165) is 5.56 Å². The molecular formula is C13H20N2O2S. The van der Waals surface area contributed by atoms with Gasteiger partial charge in [-0.1, -0.05) is 13.0 Å². The van der Waals surface area contributed by atoms with Gasteiger partial charge in [-0.3, -0.25) is 0 Å². The van der Waals surface area contributed by atoms with Crippen molar-refractivity contribution < 1.29 is 8.42 Å². The smallest absolute Gasteiger partial charge is 0.242 e. The molecule has 0 aromatic heterocycles. The fourth-order valence-electron chi connectivity index (χ4n) is 2.06. The minimum atomic E-state index is -3.48. The number of hydrogen-bond acceptors (Lipinski definition) is 3. The number of hydrogen-bond donors (Lipinski definition) is 2. The molecule has 1 unspecified atom stereocenters. The van der Waals surface area contributed by atoms with Crippen LogP contribution < -0.4 is 10.5 Å². The predicted molar refractivity (Wildman–Crippen MR) is 72.7 cm³/mol. The Morgan fingerprint density at radius 1 is 1.44 bits per heavy atom. The van der Waals surface area contributed by atoms with E-state index in [9.17, 15) is 8.42 Å². The largest absolute Gasteiger partial charge is 0.398 e. The highest BCUT2D eigenvalue weighted by molar-refractivity contribution is 7.89. The lowest BCUT2D eigenvalue weighted by Crippen LogP contribution is -2.29. The second-order valence-corrected chi connectivity index (χ2v) is 6.94. The lowest BCUT2D eigenvalue weighted by molar-refractivity contribution is 0.492. The summed E-state index contributed by atoms with van der Waals surface area (Å²) >= 11 is 0. The third-order valence-corrected chi connectivity index (χ3v) is 4.97. The summed E-state index contributed by atoms with van der Waals surface area (Å²) in [4.78, 5) is 0.177. The fraction of sp³-hybridized carbons (Fsp3) is 0.538. The predicted octanol–water partition coefficient (Wildman–Crippen LogP) is 1.90. The van der Waals surface area contributed by atoms with E-state index in [4.69, 9.17) is 5.73 Å². The van der Waals surface area contributed by atoms with Gasteiger partial charge in [0.1, 0.15) is 4.90 Å². The van der Waals surface area contributed by atoms with Crippen molar-refractivity contribution in [3.8, 4) is 0 Å². The highest BCUT2D eigenvalue weighted by atomic mass is 32.2. The van der Waals surface area contributed by atoms with Crippen LogP contribution in [0, 0.1) is 18.8 Å². The Hall–Kier alpha value is -1.07. The summed E-state index contributed by atoms with van der Waals surface area (Å²) < 4.78 is 26.9. The molecule has 1 aliphatic carbocycles. The van der Waals surface area contributed by atoms with Gasteiger partial charge in [0.05, 0.1) is 5.69 Å². The van der Waals surface area contributed by atoms with Crippen molar-refractivity contribution >= 4 is 15.7 Å². The Morgan fingerprint density at radius 3 is 2.67 bits per heavy atom. The molecule has 1 fully saturated rings. The topological polar surface area (TPSA) is 72.2 Å². The number of anilines is 1. The van der Waals surface area contributed by atoms with Crippen LogP contribution in [0.4, 0.5) is 5.69 Å². The summed E-state index contributed by atoms with van der Waals surface area (Å²) in [6.45, 7) is 4.45. The van der Waals surface area contributed by atoms with Gasteiger partial charge in [-0.15, -0.1) is 0 Å². The Kier molecular flexibility index (Phi) is 3.64. The molecule has 1 atom stereocenters. The average Bonchev–Trinajstić information content (AvgIpc) is 3.09. The molecule has 0 amide bonds. The van der Waals surface area contributed by atoms with E-state index in [-0.39, 0.29) is 4.90 Å². The van der Waals surface area contributed by atoms with Gasteiger partial charge >= 0.3 is 0 Å². The molecule has 0 heterocycles. The SMILES string of the molecule is Cc1ccc(S(=O)(=O)NCC(C)C2CC2)c(N)c1. The number of nitrogens with one attached hydrogen (secondary N) is 1. The molecule has 5 heteroatoms. The quantitative estimate of drug-likeness (QED) is 0.801. The Morgan fingerprint density at radius 2 is 2.11 bits per heavy atom. The maximum absolute atomic E-state index is 12.1. The lowest BCUT2D eigenvalue weighted by Gasteiger charge is -2.13. The molecule has 3 N–H and O–H groups in total. The van der Waals surface area contributed by atoms with Crippen molar-refractivity contribution in [1.29, 1.82) is 0 Å². The molecule has 1 aliphatic rings. The summed E-state index contributed by atoms with van der Waals surface area (Å²) in [5, 5.41) is 0. The molecule has 4 nitrogen and oxygen atoms in total. The first-order valence-electron chi connectivity index (χ1n) is 6.26. The van der Waals surface area contributed by atoms with Crippen molar-refractivity contribution in [3.63, 3.8) is 0 Å². The van der Waals surface area contributed by atoms with Crippen LogP contribution >= 0.6 is 0 Å².